The molecular formula is C18H26BrN3O2. The van der Waals surface area contributed by atoms with Crippen LogP contribution in [0.25, 0.3) is 0 Å². The highest BCUT2D eigenvalue weighted by Gasteiger charge is 2.15. The Kier molecular flexibility index (Phi) is 7.56. The van der Waals surface area contributed by atoms with E-state index in [1.165, 1.54) is 19.3 Å². The summed E-state index contributed by atoms with van der Waals surface area (Å²) >= 11 is 3.44. The maximum Gasteiger partial charge on any atom is 0.315 e. The third kappa shape index (κ3) is 6.51. The lowest BCUT2D eigenvalue weighted by molar-refractivity contribution is -0.116. The van der Waals surface area contributed by atoms with Gasteiger partial charge in [0.1, 0.15) is 0 Å². The molecule has 3 amide bonds. The fourth-order valence-electron chi connectivity index (χ4n) is 2.88. The van der Waals surface area contributed by atoms with E-state index in [-0.39, 0.29) is 11.9 Å². The summed E-state index contributed by atoms with van der Waals surface area (Å²) in [4.78, 5) is 23.7. The van der Waals surface area contributed by atoms with E-state index >= 15 is 0 Å². The average molecular weight is 396 g/mol. The van der Waals surface area contributed by atoms with Crippen molar-refractivity contribution < 1.29 is 9.59 Å². The van der Waals surface area contributed by atoms with Crippen LogP contribution in [0.5, 0.6) is 0 Å². The number of carbonyl (C=O) groups is 2. The predicted octanol–water partition coefficient (Wildman–Crippen LogP) is 4.11. The largest absolute Gasteiger partial charge is 0.338 e. The summed E-state index contributed by atoms with van der Waals surface area (Å²) in [5.74, 6) is -0.0359. The molecule has 1 saturated carbocycles. The summed E-state index contributed by atoms with van der Waals surface area (Å²) in [6.45, 7) is 2.49. The van der Waals surface area contributed by atoms with E-state index in [0.29, 0.717) is 25.4 Å². The first-order valence-electron chi connectivity index (χ1n) is 8.65. The number of carbonyl (C=O) groups excluding carboxylic acids is 2. The van der Waals surface area contributed by atoms with E-state index in [2.05, 4.69) is 31.9 Å². The zero-order valence-corrected chi connectivity index (χ0v) is 15.7. The molecule has 2 rings (SSSR count). The van der Waals surface area contributed by atoms with Crippen molar-refractivity contribution in [2.75, 3.05) is 11.9 Å². The van der Waals surface area contributed by atoms with Crippen LogP contribution in [-0.2, 0) is 4.79 Å². The second-order valence-electron chi connectivity index (χ2n) is 6.35. The molecule has 1 aromatic rings. The SMILES string of the molecule is Cc1cc(NC(=O)CCCNC(=O)NC2CCCCC2)ccc1Br. The van der Waals surface area contributed by atoms with Gasteiger partial charge < -0.3 is 16.0 Å². The van der Waals surface area contributed by atoms with Gasteiger partial charge in [-0.1, -0.05) is 35.2 Å². The highest BCUT2D eigenvalue weighted by atomic mass is 79.9. The maximum atomic E-state index is 11.9. The molecule has 1 aliphatic carbocycles. The van der Waals surface area contributed by atoms with Gasteiger partial charge in [-0.3, -0.25) is 4.79 Å². The Balaban J connectivity index is 1.60. The van der Waals surface area contributed by atoms with Gasteiger partial charge in [-0.15, -0.1) is 0 Å². The molecule has 3 N–H and O–H groups in total. The van der Waals surface area contributed by atoms with Crippen molar-refractivity contribution in [3.05, 3.63) is 28.2 Å². The Bertz CT molecular complexity index is 571. The fraction of sp³-hybridized carbons (Fsp3) is 0.556. The molecule has 0 heterocycles. The normalized spacial score (nSPS) is 14.9. The first-order valence-corrected chi connectivity index (χ1v) is 9.44. The number of amides is 3. The fourth-order valence-corrected chi connectivity index (χ4v) is 3.13. The van der Waals surface area contributed by atoms with Gasteiger partial charge in [0, 0.05) is 29.2 Å². The summed E-state index contributed by atoms with van der Waals surface area (Å²) in [5.41, 5.74) is 1.87. The number of rotatable bonds is 6. The number of hydrogen-bond acceptors (Lipinski definition) is 2. The molecule has 132 valence electrons. The van der Waals surface area contributed by atoms with E-state index in [1.54, 1.807) is 0 Å². The monoisotopic (exact) mass is 395 g/mol. The molecular weight excluding hydrogens is 370 g/mol. The minimum Gasteiger partial charge on any atom is -0.338 e. The van der Waals surface area contributed by atoms with Gasteiger partial charge in [-0.25, -0.2) is 4.79 Å². The van der Waals surface area contributed by atoms with Crippen LogP contribution in [0.3, 0.4) is 0 Å². The van der Waals surface area contributed by atoms with Gasteiger partial charge >= 0.3 is 6.03 Å². The van der Waals surface area contributed by atoms with Crippen LogP contribution in [0.4, 0.5) is 10.5 Å². The van der Waals surface area contributed by atoms with Crippen LogP contribution in [0.2, 0.25) is 0 Å². The van der Waals surface area contributed by atoms with Gasteiger partial charge in [0.05, 0.1) is 0 Å². The Hall–Kier alpha value is -1.56. The van der Waals surface area contributed by atoms with Crippen molar-refractivity contribution in [2.45, 2.75) is 57.9 Å². The van der Waals surface area contributed by atoms with E-state index < -0.39 is 0 Å². The molecule has 0 radical (unpaired) electrons. The number of anilines is 1. The Morgan fingerprint density at radius 3 is 2.67 bits per heavy atom. The zero-order valence-electron chi connectivity index (χ0n) is 14.2. The van der Waals surface area contributed by atoms with Crippen molar-refractivity contribution in [3.8, 4) is 0 Å². The molecule has 1 fully saturated rings. The Morgan fingerprint density at radius 1 is 1.21 bits per heavy atom. The lowest BCUT2D eigenvalue weighted by Gasteiger charge is -2.22. The molecule has 0 saturated heterocycles. The smallest absolute Gasteiger partial charge is 0.315 e. The van der Waals surface area contributed by atoms with Gasteiger partial charge in [0.25, 0.3) is 0 Å². The molecule has 0 unspecified atom stereocenters. The van der Waals surface area contributed by atoms with E-state index in [4.69, 9.17) is 0 Å². The highest BCUT2D eigenvalue weighted by molar-refractivity contribution is 9.10. The van der Waals surface area contributed by atoms with Crippen molar-refractivity contribution in [1.82, 2.24) is 10.6 Å². The van der Waals surface area contributed by atoms with Crippen LogP contribution in [0.15, 0.2) is 22.7 Å². The molecule has 0 aromatic heterocycles. The summed E-state index contributed by atoms with van der Waals surface area (Å²) in [6.07, 6.45) is 6.82. The van der Waals surface area contributed by atoms with Crippen molar-refractivity contribution in [2.24, 2.45) is 0 Å². The van der Waals surface area contributed by atoms with Crippen molar-refractivity contribution in [3.63, 3.8) is 0 Å². The zero-order chi connectivity index (χ0) is 17.4. The standard InChI is InChI=1S/C18H26BrN3O2/c1-13-12-15(9-10-16(13)19)21-17(23)8-5-11-20-18(24)22-14-6-3-2-4-7-14/h9-10,12,14H,2-8,11H2,1H3,(H,21,23)(H2,20,22,24). The molecule has 0 atom stereocenters. The molecule has 1 aliphatic rings. The van der Waals surface area contributed by atoms with E-state index in [1.807, 2.05) is 25.1 Å². The number of halogens is 1. The lowest BCUT2D eigenvalue weighted by atomic mass is 9.96. The second-order valence-corrected chi connectivity index (χ2v) is 7.21. The van der Waals surface area contributed by atoms with Gasteiger partial charge in [0.2, 0.25) is 5.91 Å². The van der Waals surface area contributed by atoms with Crippen molar-refractivity contribution in [1.29, 1.82) is 0 Å². The number of nitrogens with one attached hydrogen (secondary N) is 3. The first kappa shape index (κ1) is 18.8. The van der Waals surface area contributed by atoms with Crippen LogP contribution in [0.1, 0.15) is 50.5 Å². The molecule has 24 heavy (non-hydrogen) atoms. The predicted molar refractivity (Wildman–Crippen MR) is 100 cm³/mol. The van der Waals surface area contributed by atoms with Crippen LogP contribution >= 0.6 is 15.9 Å². The maximum absolute atomic E-state index is 11.9. The minimum absolute atomic E-state index is 0.0359. The number of aryl methyl sites for hydroxylation is 1. The summed E-state index contributed by atoms with van der Waals surface area (Å²) in [7, 11) is 0. The molecule has 1 aromatic carbocycles. The summed E-state index contributed by atoms with van der Waals surface area (Å²) in [6, 6.07) is 5.90. The van der Waals surface area contributed by atoms with Gasteiger partial charge in [0.15, 0.2) is 0 Å². The molecule has 6 heteroatoms. The average Bonchev–Trinajstić information content (AvgIpc) is 2.56. The molecule has 5 nitrogen and oxygen atoms in total. The number of benzene rings is 1. The first-order chi connectivity index (χ1) is 11.5. The highest BCUT2D eigenvalue weighted by Crippen LogP contribution is 2.20. The quantitative estimate of drug-likeness (QED) is 0.634. The molecule has 0 spiro atoms. The molecule has 0 bridgehead atoms. The summed E-state index contributed by atoms with van der Waals surface area (Å²) in [5, 5.41) is 8.71. The van der Waals surface area contributed by atoms with Crippen LogP contribution < -0.4 is 16.0 Å². The van der Waals surface area contributed by atoms with Gasteiger partial charge in [-0.2, -0.15) is 0 Å². The number of urea groups is 1. The minimum atomic E-state index is -0.120. The summed E-state index contributed by atoms with van der Waals surface area (Å²) < 4.78 is 1.02. The van der Waals surface area contributed by atoms with Crippen LogP contribution in [0, 0.1) is 6.92 Å². The van der Waals surface area contributed by atoms with E-state index in [0.717, 1.165) is 28.6 Å². The third-order valence-electron chi connectivity index (χ3n) is 4.25. The van der Waals surface area contributed by atoms with Crippen molar-refractivity contribution >= 4 is 33.6 Å². The Morgan fingerprint density at radius 2 is 1.96 bits per heavy atom. The second kappa shape index (κ2) is 9.67. The van der Waals surface area contributed by atoms with Gasteiger partial charge in [-0.05, 0) is 49.9 Å². The topological polar surface area (TPSA) is 70.2 Å². The number of hydrogen-bond donors (Lipinski definition) is 3. The van der Waals surface area contributed by atoms with E-state index in [9.17, 15) is 9.59 Å². The lowest BCUT2D eigenvalue weighted by Crippen LogP contribution is -2.43. The van der Waals surface area contributed by atoms with Crippen LogP contribution in [-0.4, -0.2) is 24.5 Å². The Labute approximate surface area is 152 Å². The molecule has 0 aliphatic heterocycles. The third-order valence-corrected chi connectivity index (χ3v) is 5.14.